The summed E-state index contributed by atoms with van der Waals surface area (Å²) in [6.45, 7) is 0. The number of halogens is 1. The molecule has 0 spiro atoms. The Hall–Kier alpha value is -1.96. The Morgan fingerprint density at radius 3 is 2.92 bits per heavy atom. The van der Waals surface area contributed by atoms with E-state index >= 15 is 0 Å². The van der Waals surface area contributed by atoms with E-state index in [0.29, 0.717) is 23.6 Å². The fraction of sp³-hybridized carbons (Fsp3) is 0.125. The van der Waals surface area contributed by atoms with Gasteiger partial charge in [0.05, 0.1) is 5.02 Å². The molecule has 0 unspecified atom stereocenters. The van der Waals surface area contributed by atoms with Crippen LogP contribution in [0, 0.1) is 0 Å². The minimum atomic E-state index is -0.0683. The number of carbonyl (C=O) groups is 1. The van der Waals surface area contributed by atoms with Crippen LogP contribution >= 0.6 is 34.7 Å². The first kappa shape index (κ1) is 16.9. The van der Waals surface area contributed by atoms with E-state index in [2.05, 4.69) is 20.5 Å². The van der Waals surface area contributed by atoms with Crippen LogP contribution in [0.1, 0.15) is 12.1 Å². The zero-order chi connectivity index (χ0) is 16.8. The Morgan fingerprint density at radius 1 is 1.29 bits per heavy atom. The highest BCUT2D eigenvalue weighted by Crippen LogP contribution is 2.35. The van der Waals surface area contributed by atoms with Crippen LogP contribution in [-0.4, -0.2) is 21.1 Å². The lowest BCUT2D eigenvalue weighted by Crippen LogP contribution is -2.12. The maximum absolute atomic E-state index is 12.0. The standard InChI is InChI=1S/C16H13ClN4OS2/c17-13-9-12(4-6-14(13)24-16-21-19-10-23-16)20-15(22)7-5-11-3-1-2-8-18-11/h1-4,6,8-10H,5,7H2,(H,20,22). The molecule has 3 aromatic rings. The third-order valence-electron chi connectivity index (χ3n) is 3.09. The summed E-state index contributed by atoms with van der Waals surface area (Å²) >= 11 is 9.18. The molecular formula is C16H13ClN4OS2. The van der Waals surface area contributed by atoms with Crippen LogP contribution in [-0.2, 0) is 11.2 Å². The molecule has 0 aliphatic rings. The SMILES string of the molecule is O=C(CCc1ccccn1)Nc1ccc(Sc2nncs2)c(Cl)c1. The van der Waals surface area contributed by atoms with Gasteiger partial charge in [0.15, 0.2) is 4.34 Å². The smallest absolute Gasteiger partial charge is 0.224 e. The summed E-state index contributed by atoms with van der Waals surface area (Å²) in [5.74, 6) is -0.0683. The first-order valence-electron chi connectivity index (χ1n) is 7.14. The monoisotopic (exact) mass is 376 g/mol. The van der Waals surface area contributed by atoms with Crippen LogP contribution in [0.2, 0.25) is 5.02 Å². The Balaban J connectivity index is 1.57. The number of nitrogens with one attached hydrogen (secondary N) is 1. The molecule has 3 rings (SSSR count). The quantitative estimate of drug-likeness (QED) is 0.694. The highest BCUT2D eigenvalue weighted by atomic mass is 35.5. The number of hydrogen-bond acceptors (Lipinski definition) is 6. The highest BCUT2D eigenvalue weighted by Gasteiger charge is 2.09. The fourth-order valence-corrected chi connectivity index (χ4v) is 3.71. The van der Waals surface area contributed by atoms with Crippen LogP contribution < -0.4 is 5.32 Å². The van der Waals surface area contributed by atoms with Gasteiger partial charge in [-0.15, -0.1) is 10.2 Å². The van der Waals surface area contributed by atoms with E-state index in [0.717, 1.165) is 14.9 Å². The molecule has 0 bridgehead atoms. The molecule has 0 saturated carbocycles. The molecule has 1 N–H and O–H groups in total. The van der Waals surface area contributed by atoms with Crippen molar-refractivity contribution >= 4 is 46.3 Å². The molecule has 122 valence electrons. The molecule has 5 nitrogen and oxygen atoms in total. The number of amides is 1. The predicted molar refractivity (Wildman–Crippen MR) is 96.7 cm³/mol. The number of benzene rings is 1. The number of pyridine rings is 1. The lowest BCUT2D eigenvalue weighted by molar-refractivity contribution is -0.116. The molecule has 0 radical (unpaired) electrons. The van der Waals surface area contributed by atoms with Crippen molar-refractivity contribution in [1.82, 2.24) is 15.2 Å². The van der Waals surface area contributed by atoms with E-state index in [1.807, 2.05) is 30.3 Å². The molecule has 8 heteroatoms. The van der Waals surface area contributed by atoms with E-state index in [1.54, 1.807) is 17.8 Å². The molecule has 0 aliphatic carbocycles. The van der Waals surface area contributed by atoms with E-state index < -0.39 is 0 Å². The van der Waals surface area contributed by atoms with Gasteiger partial charge in [0.1, 0.15) is 5.51 Å². The van der Waals surface area contributed by atoms with E-state index in [1.165, 1.54) is 23.1 Å². The van der Waals surface area contributed by atoms with Crippen molar-refractivity contribution in [3.05, 3.63) is 58.8 Å². The molecule has 0 fully saturated rings. The van der Waals surface area contributed by atoms with Gasteiger partial charge in [-0.25, -0.2) is 0 Å². The number of anilines is 1. The number of nitrogens with zero attached hydrogens (tertiary/aromatic N) is 3. The van der Waals surface area contributed by atoms with Crippen molar-refractivity contribution in [3.8, 4) is 0 Å². The molecular weight excluding hydrogens is 364 g/mol. The molecule has 1 aromatic carbocycles. The second kappa shape index (κ2) is 8.23. The molecule has 1 amide bonds. The first-order chi connectivity index (χ1) is 11.7. The molecule has 0 atom stereocenters. The minimum absolute atomic E-state index is 0.0683. The van der Waals surface area contributed by atoms with Gasteiger partial charge in [-0.1, -0.05) is 40.8 Å². The molecule has 2 heterocycles. The second-order valence-corrected chi connectivity index (χ2v) is 7.35. The Labute approximate surface area is 152 Å². The largest absolute Gasteiger partial charge is 0.326 e. The Morgan fingerprint density at radius 2 is 2.21 bits per heavy atom. The van der Waals surface area contributed by atoms with Crippen LogP contribution in [0.5, 0.6) is 0 Å². The van der Waals surface area contributed by atoms with Gasteiger partial charge < -0.3 is 5.32 Å². The van der Waals surface area contributed by atoms with Crippen LogP contribution in [0.4, 0.5) is 5.69 Å². The molecule has 24 heavy (non-hydrogen) atoms. The number of carbonyl (C=O) groups excluding carboxylic acids is 1. The summed E-state index contributed by atoms with van der Waals surface area (Å²) in [5, 5.41) is 11.2. The van der Waals surface area contributed by atoms with E-state index in [4.69, 9.17) is 11.6 Å². The number of hydrogen-bond donors (Lipinski definition) is 1. The van der Waals surface area contributed by atoms with Crippen molar-refractivity contribution in [1.29, 1.82) is 0 Å². The number of aryl methyl sites for hydroxylation is 1. The summed E-state index contributed by atoms with van der Waals surface area (Å²) in [7, 11) is 0. The zero-order valence-electron chi connectivity index (χ0n) is 12.5. The van der Waals surface area contributed by atoms with Gasteiger partial charge in [-0.2, -0.15) is 0 Å². The molecule has 2 aromatic heterocycles. The van der Waals surface area contributed by atoms with Gasteiger partial charge in [-0.3, -0.25) is 9.78 Å². The normalized spacial score (nSPS) is 10.5. The van der Waals surface area contributed by atoms with Crippen molar-refractivity contribution in [2.75, 3.05) is 5.32 Å². The van der Waals surface area contributed by atoms with Crippen molar-refractivity contribution in [2.45, 2.75) is 22.1 Å². The van der Waals surface area contributed by atoms with Gasteiger partial charge in [0.25, 0.3) is 0 Å². The van der Waals surface area contributed by atoms with Crippen LogP contribution in [0.3, 0.4) is 0 Å². The summed E-state index contributed by atoms with van der Waals surface area (Å²) < 4.78 is 0.823. The third kappa shape index (κ3) is 4.77. The average Bonchev–Trinajstić information content (AvgIpc) is 3.10. The number of aromatic nitrogens is 3. The maximum atomic E-state index is 12.0. The summed E-state index contributed by atoms with van der Waals surface area (Å²) in [6.07, 6.45) is 2.70. The van der Waals surface area contributed by atoms with Crippen molar-refractivity contribution in [2.24, 2.45) is 0 Å². The van der Waals surface area contributed by atoms with Crippen LogP contribution in [0.15, 0.2) is 57.3 Å². The zero-order valence-corrected chi connectivity index (χ0v) is 14.9. The van der Waals surface area contributed by atoms with Gasteiger partial charge in [-0.05, 0) is 36.8 Å². The highest BCUT2D eigenvalue weighted by molar-refractivity contribution is 8.01. The predicted octanol–water partition coefficient (Wildman–Crippen LogP) is 4.31. The van der Waals surface area contributed by atoms with Crippen molar-refractivity contribution in [3.63, 3.8) is 0 Å². The minimum Gasteiger partial charge on any atom is -0.326 e. The topological polar surface area (TPSA) is 67.8 Å². The lowest BCUT2D eigenvalue weighted by atomic mass is 10.2. The average molecular weight is 377 g/mol. The van der Waals surface area contributed by atoms with Gasteiger partial charge in [0, 0.05) is 28.9 Å². The summed E-state index contributed by atoms with van der Waals surface area (Å²) in [6, 6.07) is 11.1. The molecule has 0 aliphatic heterocycles. The Bertz CT molecular complexity index is 812. The summed E-state index contributed by atoms with van der Waals surface area (Å²) in [4.78, 5) is 17.1. The van der Waals surface area contributed by atoms with E-state index in [9.17, 15) is 4.79 Å². The fourth-order valence-electron chi connectivity index (χ4n) is 1.97. The van der Waals surface area contributed by atoms with E-state index in [-0.39, 0.29) is 5.91 Å². The van der Waals surface area contributed by atoms with Crippen molar-refractivity contribution < 1.29 is 4.79 Å². The van der Waals surface area contributed by atoms with Gasteiger partial charge >= 0.3 is 0 Å². The van der Waals surface area contributed by atoms with Gasteiger partial charge in [0.2, 0.25) is 5.91 Å². The molecule has 0 saturated heterocycles. The Kier molecular flexibility index (Phi) is 5.79. The second-order valence-electron chi connectivity index (χ2n) is 4.82. The lowest BCUT2D eigenvalue weighted by Gasteiger charge is -2.08. The maximum Gasteiger partial charge on any atom is 0.224 e. The summed E-state index contributed by atoms with van der Waals surface area (Å²) in [5.41, 5.74) is 3.24. The number of rotatable bonds is 6. The first-order valence-corrected chi connectivity index (χ1v) is 9.21. The van der Waals surface area contributed by atoms with Crippen LogP contribution in [0.25, 0.3) is 0 Å². The third-order valence-corrected chi connectivity index (χ3v) is 5.37.